The summed E-state index contributed by atoms with van der Waals surface area (Å²) in [4.78, 5) is 15.7. The third kappa shape index (κ3) is 1.19. The first kappa shape index (κ1) is 8.86. The van der Waals surface area contributed by atoms with Crippen LogP contribution < -0.4 is 5.69 Å². The van der Waals surface area contributed by atoms with Gasteiger partial charge in [-0.1, -0.05) is 0 Å². The van der Waals surface area contributed by atoms with Gasteiger partial charge in [0.2, 0.25) is 0 Å². The van der Waals surface area contributed by atoms with Gasteiger partial charge in [0.05, 0.1) is 17.9 Å². The van der Waals surface area contributed by atoms with Crippen LogP contribution in [0.4, 0.5) is 0 Å². The molecule has 0 aromatic carbocycles. The molecule has 0 atom stereocenters. The van der Waals surface area contributed by atoms with Crippen molar-refractivity contribution in [2.75, 3.05) is 0 Å². The lowest BCUT2D eigenvalue weighted by molar-refractivity contribution is 0.343. The summed E-state index contributed by atoms with van der Waals surface area (Å²) >= 11 is 0. The zero-order valence-electron chi connectivity index (χ0n) is 8.30. The van der Waals surface area contributed by atoms with Gasteiger partial charge in [-0.15, -0.1) is 9.61 Å². The molecule has 6 heteroatoms. The minimum Gasteiger partial charge on any atom is -0.244 e. The summed E-state index contributed by atoms with van der Waals surface area (Å²) in [7, 11) is 0. The third-order valence-corrected chi connectivity index (χ3v) is 1.82. The summed E-state index contributed by atoms with van der Waals surface area (Å²) in [5.41, 5.74) is -0.618. The molecule has 2 heterocycles. The fraction of sp³-hybridized carbons (Fsp3) is 0.500. The van der Waals surface area contributed by atoms with Crippen molar-refractivity contribution in [3.8, 4) is 0 Å². The number of hydrogen-bond donors (Lipinski definition) is 0. The molecule has 2 aromatic rings. The Hall–Kier alpha value is -1.72. The van der Waals surface area contributed by atoms with Crippen molar-refractivity contribution in [2.24, 2.45) is 0 Å². The number of hydrogen-bond acceptors (Lipinski definition) is 4. The smallest absolute Gasteiger partial charge is 0.244 e. The molecule has 6 nitrogen and oxygen atoms in total. The second-order valence-electron chi connectivity index (χ2n) is 4.02. The van der Waals surface area contributed by atoms with Crippen molar-refractivity contribution in [1.82, 2.24) is 24.4 Å². The second kappa shape index (κ2) is 2.63. The molecule has 0 spiro atoms. The van der Waals surface area contributed by atoms with E-state index in [-0.39, 0.29) is 11.2 Å². The molecule has 0 radical (unpaired) electrons. The van der Waals surface area contributed by atoms with Crippen LogP contribution >= 0.6 is 0 Å². The topological polar surface area (TPSA) is 65.1 Å². The Bertz CT molecular complexity index is 518. The van der Waals surface area contributed by atoms with Crippen molar-refractivity contribution < 1.29 is 0 Å². The van der Waals surface area contributed by atoms with Crippen LogP contribution in [-0.4, -0.2) is 24.4 Å². The summed E-state index contributed by atoms with van der Waals surface area (Å²) in [5, 5.41) is 7.95. The first-order chi connectivity index (χ1) is 6.50. The molecule has 2 rings (SSSR count). The van der Waals surface area contributed by atoms with E-state index in [1.165, 1.54) is 21.6 Å². The minimum atomic E-state index is -0.355. The second-order valence-corrected chi connectivity index (χ2v) is 4.02. The molecule has 0 N–H and O–H groups in total. The Labute approximate surface area is 80.2 Å². The highest BCUT2D eigenvalue weighted by Gasteiger charge is 2.19. The highest BCUT2D eigenvalue weighted by atomic mass is 16.2. The molecular formula is C8H11N5O. The highest BCUT2D eigenvalue weighted by Crippen LogP contribution is 2.08. The van der Waals surface area contributed by atoms with Crippen molar-refractivity contribution >= 4 is 5.78 Å². The van der Waals surface area contributed by atoms with Gasteiger partial charge in [0.25, 0.3) is 5.78 Å². The SMILES string of the molecule is CC(C)(C)n1nc2nccnn2c1=O. The summed E-state index contributed by atoms with van der Waals surface area (Å²) < 4.78 is 2.56. The molecule has 0 saturated heterocycles. The molecule has 0 aliphatic carbocycles. The summed E-state index contributed by atoms with van der Waals surface area (Å²) in [6.45, 7) is 5.71. The zero-order valence-corrected chi connectivity index (χ0v) is 8.30. The van der Waals surface area contributed by atoms with Gasteiger partial charge in [0, 0.05) is 0 Å². The molecule has 14 heavy (non-hydrogen) atoms. The van der Waals surface area contributed by atoms with Crippen LogP contribution in [0.5, 0.6) is 0 Å². The van der Waals surface area contributed by atoms with E-state index in [2.05, 4.69) is 15.2 Å². The number of aromatic nitrogens is 5. The first-order valence-electron chi connectivity index (χ1n) is 4.30. The van der Waals surface area contributed by atoms with Gasteiger partial charge in [-0.2, -0.15) is 5.10 Å². The molecule has 0 fully saturated rings. The molecule has 74 valence electrons. The van der Waals surface area contributed by atoms with Crippen LogP contribution in [0.15, 0.2) is 17.2 Å². The number of rotatable bonds is 0. The quantitative estimate of drug-likeness (QED) is 0.592. The average molecular weight is 193 g/mol. The number of nitrogens with zero attached hydrogens (tertiary/aromatic N) is 5. The largest absolute Gasteiger partial charge is 0.369 e. The van der Waals surface area contributed by atoms with Crippen molar-refractivity contribution in [1.29, 1.82) is 0 Å². The molecular weight excluding hydrogens is 182 g/mol. The fourth-order valence-corrected chi connectivity index (χ4v) is 1.16. The minimum absolute atomic E-state index is 0.263. The van der Waals surface area contributed by atoms with E-state index in [0.29, 0.717) is 5.78 Å². The van der Waals surface area contributed by atoms with Crippen molar-refractivity contribution in [2.45, 2.75) is 26.3 Å². The maximum atomic E-state index is 11.7. The first-order valence-corrected chi connectivity index (χ1v) is 4.30. The van der Waals surface area contributed by atoms with Crippen LogP contribution in [0, 0.1) is 0 Å². The van der Waals surface area contributed by atoms with Crippen LogP contribution in [-0.2, 0) is 5.54 Å². The van der Waals surface area contributed by atoms with Crippen molar-refractivity contribution in [3.05, 3.63) is 22.9 Å². The number of fused-ring (bicyclic) bond motifs is 1. The molecule has 0 amide bonds. The van der Waals surface area contributed by atoms with Gasteiger partial charge in [-0.05, 0) is 20.8 Å². The molecule has 0 unspecified atom stereocenters. The van der Waals surface area contributed by atoms with E-state index in [1.807, 2.05) is 20.8 Å². The van der Waals surface area contributed by atoms with Gasteiger partial charge in [-0.3, -0.25) is 0 Å². The van der Waals surface area contributed by atoms with E-state index in [0.717, 1.165) is 0 Å². The Kier molecular flexibility index (Phi) is 1.67. The summed E-state index contributed by atoms with van der Waals surface area (Å²) in [6, 6.07) is 0. The van der Waals surface area contributed by atoms with Gasteiger partial charge < -0.3 is 0 Å². The normalized spacial score (nSPS) is 12.2. The summed E-state index contributed by atoms with van der Waals surface area (Å²) in [5.74, 6) is 0.326. The van der Waals surface area contributed by atoms with Crippen molar-refractivity contribution in [3.63, 3.8) is 0 Å². The lowest BCUT2D eigenvalue weighted by Crippen LogP contribution is -2.34. The zero-order chi connectivity index (χ0) is 10.3. The maximum Gasteiger partial charge on any atom is 0.369 e. The van der Waals surface area contributed by atoms with Crippen LogP contribution in [0.25, 0.3) is 5.78 Å². The van der Waals surface area contributed by atoms with Gasteiger partial charge >= 0.3 is 5.69 Å². The standard InChI is InChI=1S/C8H11N5O/c1-8(2,3)13-7(14)12-6(11-13)9-4-5-10-12/h4-5H,1-3H3. The van der Waals surface area contributed by atoms with Gasteiger partial charge in [-0.25, -0.2) is 14.5 Å². The Morgan fingerprint density at radius 3 is 2.57 bits per heavy atom. The monoisotopic (exact) mass is 193 g/mol. The predicted octanol–water partition coefficient (Wildman–Crippen LogP) is 0.0410. The highest BCUT2D eigenvalue weighted by molar-refractivity contribution is 5.20. The molecule has 0 aliphatic heterocycles. The van der Waals surface area contributed by atoms with E-state index in [4.69, 9.17) is 0 Å². The Balaban J connectivity index is 2.82. The Morgan fingerprint density at radius 1 is 1.29 bits per heavy atom. The Morgan fingerprint density at radius 2 is 2.00 bits per heavy atom. The van der Waals surface area contributed by atoms with Crippen LogP contribution in [0.1, 0.15) is 20.8 Å². The lowest BCUT2D eigenvalue weighted by Gasteiger charge is -2.16. The van der Waals surface area contributed by atoms with Gasteiger partial charge in [0.1, 0.15) is 0 Å². The van der Waals surface area contributed by atoms with Gasteiger partial charge in [0.15, 0.2) is 0 Å². The average Bonchev–Trinajstić information content (AvgIpc) is 2.44. The van der Waals surface area contributed by atoms with Crippen LogP contribution in [0.3, 0.4) is 0 Å². The van der Waals surface area contributed by atoms with E-state index < -0.39 is 0 Å². The third-order valence-electron chi connectivity index (χ3n) is 1.82. The molecule has 0 bridgehead atoms. The van der Waals surface area contributed by atoms with E-state index >= 15 is 0 Å². The lowest BCUT2D eigenvalue weighted by atomic mass is 10.1. The fourth-order valence-electron chi connectivity index (χ4n) is 1.16. The molecule has 2 aromatic heterocycles. The van der Waals surface area contributed by atoms with E-state index in [9.17, 15) is 4.79 Å². The van der Waals surface area contributed by atoms with E-state index in [1.54, 1.807) is 0 Å². The summed E-state index contributed by atoms with van der Waals surface area (Å²) in [6.07, 6.45) is 2.97. The molecule has 0 aliphatic rings. The maximum absolute atomic E-state index is 11.7. The van der Waals surface area contributed by atoms with Crippen LogP contribution in [0.2, 0.25) is 0 Å². The predicted molar refractivity (Wildman–Crippen MR) is 50.0 cm³/mol. The molecule has 0 saturated carbocycles.